The molecular weight excluding hydrogens is 250 g/mol. The molecule has 106 valence electrons. The SMILES string of the molecule is CN(C)CCN(C)c1cc(C(=N)N)c2ccccc2n1. The maximum absolute atomic E-state index is 7.75. The quantitative estimate of drug-likeness (QED) is 0.639. The lowest BCUT2D eigenvalue weighted by atomic mass is 10.1. The summed E-state index contributed by atoms with van der Waals surface area (Å²) in [5.74, 6) is 0.918. The van der Waals surface area contributed by atoms with Gasteiger partial charge in [-0.3, -0.25) is 5.41 Å². The van der Waals surface area contributed by atoms with Crippen molar-refractivity contribution in [1.29, 1.82) is 5.41 Å². The Hall–Kier alpha value is -2.14. The van der Waals surface area contributed by atoms with Gasteiger partial charge in [0.25, 0.3) is 0 Å². The normalized spacial score (nSPS) is 11.0. The standard InChI is InChI=1S/C15H21N5/c1-19(2)8-9-20(3)14-10-12(15(16)17)11-6-4-5-7-13(11)18-14/h4-7,10H,8-9H2,1-3H3,(H3,16,17). The summed E-state index contributed by atoms with van der Waals surface area (Å²) in [5.41, 5.74) is 7.31. The number of hydrogen-bond acceptors (Lipinski definition) is 4. The number of amidine groups is 1. The minimum absolute atomic E-state index is 0.0749. The van der Waals surface area contributed by atoms with Gasteiger partial charge >= 0.3 is 0 Å². The van der Waals surface area contributed by atoms with Crippen LogP contribution in [0.2, 0.25) is 0 Å². The minimum atomic E-state index is 0.0749. The second kappa shape index (κ2) is 5.88. The summed E-state index contributed by atoms with van der Waals surface area (Å²) >= 11 is 0. The first-order chi connectivity index (χ1) is 9.49. The number of aromatic nitrogens is 1. The van der Waals surface area contributed by atoms with Gasteiger partial charge in [0.05, 0.1) is 5.52 Å². The van der Waals surface area contributed by atoms with E-state index in [0.29, 0.717) is 0 Å². The van der Waals surface area contributed by atoms with Crippen LogP contribution in [0.15, 0.2) is 30.3 Å². The molecule has 0 fully saturated rings. The Bertz CT molecular complexity index is 621. The largest absolute Gasteiger partial charge is 0.384 e. The number of rotatable bonds is 5. The molecule has 0 radical (unpaired) electrons. The molecule has 2 aromatic rings. The van der Waals surface area contributed by atoms with Gasteiger partial charge in [-0.15, -0.1) is 0 Å². The van der Waals surface area contributed by atoms with E-state index in [9.17, 15) is 0 Å². The van der Waals surface area contributed by atoms with Crippen LogP contribution in [0, 0.1) is 5.41 Å². The molecule has 0 unspecified atom stereocenters. The van der Waals surface area contributed by atoms with Gasteiger partial charge in [0.15, 0.2) is 0 Å². The Kier molecular flexibility index (Phi) is 4.20. The van der Waals surface area contributed by atoms with E-state index in [2.05, 4.69) is 14.8 Å². The Labute approximate surface area is 119 Å². The molecule has 0 aliphatic rings. The smallest absolute Gasteiger partial charge is 0.129 e. The van der Waals surface area contributed by atoms with E-state index in [4.69, 9.17) is 11.1 Å². The van der Waals surface area contributed by atoms with Crippen molar-refractivity contribution in [3.8, 4) is 0 Å². The topological polar surface area (TPSA) is 69.2 Å². The molecule has 0 saturated heterocycles. The van der Waals surface area contributed by atoms with Crippen LogP contribution in [0.3, 0.4) is 0 Å². The first kappa shape index (κ1) is 14.3. The molecule has 2 rings (SSSR count). The lowest BCUT2D eigenvalue weighted by molar-refractivity contribution is 0.416. The number of likely N-dealkylation sites (N-methyl/N-ethyl adjacent to an activating group) is 2. The molecule has 1 aromatic heterocycles. The number of anilines is 1. The molecular formula is C15H21N5. The molecule has 1 aromatic carbocycles. The molecule has 0 aliphatic heterocycles. The molecule has 0 bridgehead atoms. The molecule has 20 heavy (non-hydrogen) atoms. The minimum Gasteiger partial charge on any atom is -0.384 e. The predicted octanol–water partition coefficient (Wildman–Crippen LogP) is 1.52. The van der Waals surface area contributed by atoms with Crippen LogP contribution in [0.4, 0.5) is 5.82 Å². The third-order valence-electron chi connectivity index (χ3n) is 3.27. The Morgan fingerprint density at radius 1 is 1.20 bits per heavy atom. The first-order valence-electron chi connectivity index (χ1n) is 6.59. The number of hydrogen-bond donors (Lipinski definition) is 2. The maximum Gasteiger partial charge on any atom is 0.129 e. The third-order valence-corrected chi connectivity index (χ3v) is 3.27. The van der Waals surface area contributed by atoms with Crippen LogP contribution in [-0.4, -0.2) is 50.0 Å². The summed E-state index contributed by atoms with van der Waals surface area (Å²) in [7, 11) is 6.09. The summed E-state index contributed by atoms with van der Waals surface area (Å²) in [6, 6.07) is 9.67. The van der Waals surface area contributed by atoms with Gasteiger partial charge in [-0.1, -0.05) is 18.2 Å². The van der Waals surface area contributed by atoms with Crippen LogP contribution < -0.4 is 10.6 Å². The predicted molar refractivity (Wildman–Crippen MR) is 84.6 cm³/mol. The highest BCUT2D eigenvalue weighted by Gasteiger charge is 2.10. The summed E-state index contributed by atoms with van der Waals surface area (Å²) in [6.07, 6.45) is 0. The van der Waals surface area contributed by atoms with Crippen molar-refractivity contribution < 1.29 is 0 Å². The van der Waals surface area contributed by atoms with Gasteiger partial charge in [0, 0.05) is 31.1 Å². The molecule has 5 heteroatoms. The van der Waals surface area contributed by atoms with E-state index < -0.39 is 0 Å². The first-order valence-corrected chi connectivity index (χ1v) is 6.59. The number of nitrogens with zero attached hydrogens (tertiary/aromatic N) is 3. The summed E-state index contributed by atoms with van der Waals surface area (Å²) in [6.45, 7) is 1.82. The highest BCUT2D eigenvalue weighted by molar-refractivity contribution is 6.07. The Morgan fingerprint density at radius 3 is 2.55 bits per heavy atom. The second-order valence-electron chi connectivity index (χ2n) is 5.18. The number of benzene rings is 1. The van der Waals surface area contributed by atoms with Crippen LogP contribution in [0.5, 0.6) is 0 Å². The van der Waals surface area contributed by atoms with Crippen LogP contribution in [-0.2, 0) is 0 Å². The van der Waals surface area contributed by atoms with Crippen molar-refractivity contribution in [1.82, 2.24) is 9.88 Å². The fourth-order valence-corrected chi connectivity index (χ4v) is 2.04. The van der Waals surface area contributed by atoms with E-state index in [1.54, 1.807) is 0 Å². The highest BCUT2D eigenvalue weighted by atomic mass is 15.2. The molecule has 0 spiro atoms. The van der Waals surface area contributed by atoms with Gasteiger partial charge in [0.1, 0.15) is 11.7 Å². The third kappa shape index (κ3) is 3.05. The zero-order valence-electron chi connectivity index (χ0n) is 12.2. The molecule has 5 nitrogen and oxygen atoms in total. The number of nitrogens with two attached hydrogens (primary N) is 1. The Balaban J connectivity index is 2.42. The van der Waals surface area contributed by atoms with Gasteiger partial charge in [-0.05, 0) is 26.2 Å². The zero-order valence-corrected chi connectivity index (χ0v) is 12.2. The monoisotopic (exact) mass is 271 g/mol. The fraction of sp³-hybridized carbons (Fsp3) is 0.333. The number of nitrogens with one attached hydrogen (secondary N) is 1. The fourth-order valence-electron chi connectivity index (χ4n) is 2.04. The molecule has 0 atom stereocenters. The second-order valence-corrected chi connectivity index (χ2v) is 5.18. The van der Waals surface area contributed by atoms with Crippen molar-refractivity contribution in [3.05, 3.63) is 35.9 Å². The van der Waals surface area contributed by atoms with Crippen molar-refractivity contribution in [2.45, 2.75) is 0 Å². The average Bonchev–Trinajstić information content (AvgIpc) is 2.43. The summed E-state index contributed by atoms with van der Waals surface area (Å²) in [4.78, 5) is 8.86. The van der Waals surface area contributed by atoms with E-state index in [-0.39, 0.29) is 5.84 Å². The van der Waals surface area contributed by atoms with Crippen LogP contribution in [0.1, 0.15) is 5.56 Å². The van der Waals surface area contributed by atoms with Gasteiger partial charge < -0.3 is 15.5 Å². The van der Waals surface area contributed by atoms with Crippen LogP contribution in [0.25, 0.3) is 10.9 Å². The van der Waals surface area contributed by atoms with Crippen molar-refractivity contribution in [3.63, 3.8) is 0 Å². The lowest BCUT2D eigenvalue weighted by Crippen LogP contribution is -2.29. The van der Waals surface area contributed by atoms with E-state index in [1.807, 2.05) is 51.5 Å². The lowest BCUT2D eigenvalue weighted by Gasteiger charge is -2.21. The van der Waals surface area contributed by atoms with Crippen molar-refractivity contribution in [2.75, 3.05) is 39.1 Å². The molecule has 0 aliphatic carbocycles. The number of nitrogen functional groups attached to an aromatic ring is 1. The molecule has 3 N–H and O–H groups in total. The van der Waals surface area contributed by atoms with Gasteiger partial charge in [-0.25, -0.2) is 4.98 Å². The average molecular weight is 271 g/mol. The van der Waals surface area contributed by atoms with Gasteiger partial charge in [0.2, 0.25) is 0 Å². The van der Waals surface area contributed by atoms with Crippen molar-refractivity contribution >= 4 is 22.6 Å². The maximum atomic E-state index is 7.75. The summed E-state index contributed by atoms with van der Waals surface area (Å²) < 4.78 is 0. The van der Waals surface area contributed by atoms with E-state index in [1.165, 1.54) is 0 Å². The van der Waals surface area contributed by atoms with E-state index in [0.717, 1.165) is 35.4 Å². The Morgan fingerprint density at radius 2 is 1.90 bits per heavy atom. The van der Waals surface area contributed by atoms with E-state index >= 15 is 0 Å². The number of para-hydroxylation sites is 1. The van der Waals surface area contributed by atoms with Gasteiger partial charge in [-0.2, -0.15) is 0 Å². The summed E-state index contributed by atoms with van der Waals surface area (Å²) in [5, 5.41) is 8.67. The number of pyridine rings is 1. The molecule has 0 saturated carbocycles. The van der Waals surface area contributed by atoms with Crippen LogP contribution >= 0.6 is 0 Å². The molecule has 1 heterocycles. The van der Waals surface area contributed by atoms with Crippen molar-refractivity contribution in [2.24, 2.45) is 5.73 Å². The number of fused-ring (bicyclic) bond motifs is 1. The zero-order chi connectivity index (χ0) is 14.7. The highest BCUT2D eigenvalue weighted by Crippen LogP contribution is 2.22. The molecule has 0 amide bonds.